The molecule has 2 N–H and O–H groups in total. The number of pyridine rings is 1. The minimum absolute atomic E-state index is 0.664. The lowest BCUT2D eigenvalue weighted by Crippen LogP contribution is -2.32. The van der Waals surface area contributed by atoms with E-state index in [1.54, 1.807) is 12.1 Å². The molecule has 1 aliphatic carbocycles. The van der Waals surface area contributed by atoms with Crippen LogP contribution in [-0.2, 0) is 0 Å². The average Bonchev–Trinajstić information content (AvgIpc) is 2.71. The summed E-state index contributed by atoms with van der Waals surface area (Å²) in [7, 11) is 0. The lowest BCUT2D eigenvalue weighted by Gasteiger charge is -2.16. The van der Waals surface area contributed by atoms with Crippen LogP contribution < -0.4 is 10.6 Å². The summed E-state index contributed by atoms with van der Waals surface area (Å²) in [5.74, 6) is 0.796. The van der Waals surface area contributed by atoms with Crippen LogP contribution in [0.4, 0.5) is 5.82 Å². The number of hydrogen-bond donors (Lipinski definition) is 2. The molecule has 1 heterocycles. The number of aryl methyl sites for hydroxylation is 1. The van der Waals surface area contributed by atoms with Gasteiger partial charge in [0.2, 0.25) is 0 Å². The van der Waals surface area contributed by atoms with E-state index < -0.39 is 0 Å². The second-order valence-corrected chi connectivity index (χ2v) is 5.56. The highest BCUT2D eigenvalue weighted by atomic mass is 15.0. The van der Waals surface area contributed by atoms with Gasteiger partial charge < -0.3 is 10.6 Å². The number of nitrogens with one attached hydrogen (secondary N) is 2. The summed E-state index contributed by atoms with van der Waals surface area (Å²) < 4.78 is 0. The highest BCUT2D eigenvalue weighted by Gasteiger charge is 2.10. The molecule has 0 saturated heterocycles. The van der Waals surface area contributed by atoms with Crippen LogP contribution in [0, 0.1) is 18.3 Å². The maximum atomic E-state index is 8.94. The molecule has 108 valence electrons. The summed E-state index contributed by atoms with van der Waals surface area (Å²) in [5.41, 5.74) is 1.54. The summed E-state index contributed by atoms with van der Waals surface area (Å²) in [6, 6.07) is 6.45. The minimum atomic E-state index is 0.664. The summed E-state index contributed by atoms with van der Waals surface area (Å²) in [5, 5.41) is 15.8. The van der Waals surface area contributed by atoms with Crippen LogP contribution in [0.3, 0.4) is 0 Å². The third kappa shape index (κ3) is 4.82. The van der Waals surface area contributed by atoms with E-state index in [2.05, 4.69) is 21.7 Å². The van der Waals surface area contributed by atoms with Crippen molar-refractivity contribution < 1.29 is 0 Å². The Labute approximate surface area is 121 Å². The molecular weight excluding hydrogens is 248 g/mol. The Morgan fingerprint density at radius 1 is 1.20 bits per heavy atom. The molecule has 1 aromatic rings. The fourth-order valence-electron chi connectivity index (χ4n) is 2.77. The zero-order valence-electron chi connectivity index (χ0n) is 12.3. The van der Waals surface area contributed by atoms with Gasteiger partial charge in [-0.3, -0.25) is 0 Å². The van der Waals surface area contributed by atoms with Gasteiger partial charge in [0, 0.05) is 24.8 Å². The molecule has 1 aliphatic rings. The molecule has 2 rings (SSSR count). The Morgan fingerprint density at radius 2 is 1.95 bits per heavy atom. The molecule has 4 nitrogen and oxygen atoms in total. The molecule has 0 atom stereocenters. The predicted octanol–water partition coefficient (Wildman–Crippen LogP) is 2.99. The smallest absolute Gasteiger partial charge is 0.127 e. The third-order valence-electron chi connectivity index (χ3n) is 3.80. The largest absolute Gasteiger partial charge is 0.369 e. The molecular formula is C16H24N4. The van der Waals surface area contributed by atoms with Gasteiger partial charge in [-0.2, -0.15) is 5.26 Å². The van der Waals surface area contributed by atoms with Crippen molar-refractivity contribution in [3.63, 3.8) is 0 Å². The Morgan fingerprint density at radius 3 is 2.65 bits per heavy atom. The summed E-state index contributed by atoms with van der Waals surface area (Å²) >= 11 is 0. The predicted molar refractivity (Wildman–Crippen MR) is 81.7 cm³/mol. The van der Waals surface area contributed by atoms with Crippen molar-refractivity contribution in [1.29, 1.82) is 5.26 Å². The van der Waals surface area contributed by atoms with Crippen LogP contribution in [-0.4, -0.2) is 24.1 Å². The van der Waals surface area contributed by atoms with E-state index in [9.17, 15) is 0 Å². The molecule has 0 spiro atoms. The molecule has 0 amide bonds. The first-order valence-corrected chi connectivity index (χ1v) is 7.64. The molecule has 20 heavy (non-hydrogen) atoms. The first kappa shape index (κ1) is 14.8. The quantitative estimate of drug-likeness (QED) is 0.639. The standard InChI is InChI=1S/C16H24N4/c1-13-10-14(12-17)11-16(20-13)19-9-8-18-15-6-4-2-3-5-7-15/h10-11,15,18H,2-9H2,1H3,(H,19,20). The molecule has 1 aromatic heterocycles. The lowest BCUT2D eigenvalue weighted by molar-refractivity contribution is 0.468. The number of hydrogen-bond acceptors (Lipinski definition) is 4. The van der Waals surface area contributed by atoms with Crippen molar-refractivity contribution in [3.8, 4) is 6.07 Å². The van der Waals surface area contributed by atoms with Gasteiger partial charge in [0.25, 0.3) is 0 Å². The van der Waals surface area contributed by atoms with E-state index in [1.807, 2.05) is 6.92 Å². The second kappa shape index (κ2) is 7.86. The minimum Gasteiger partial charge on any atom is -0.369 e. The van der Waals surface area contributed by atoms with E-state index in [0.29, 0.717) is 11.6 Å². The van der Waals surface area contributed by atoms with Gasteiger partial charge in [0.05, 0.1) is 11.6 Å². The summed E-state index contributed by atoms with van der Waals surface area (Å²) in [4.78, 5) is 4.39. The first-order valence-electron chi connectivity index (χ1n) is 7.64. The maximum Gasteiger partial charge on any atom is 0.127 e. The van der Waals surface area contributed by atoms with Gasteiger partial charge in [-0.05, 0) is 31.9 Å². The topological polar surface area (TPSA) is 60.7 Å². The first-order chi connectivity index (χ1) is 9.78. The van der Waals surface area contributed by atoms with Gasteiger partial charge in [-0.15, -0.1) is 0 Å². The summed E-state index contributed by atoms with van der Waals surface area (Å²) in [6.45, 7) is 3.70. The lowest BCUT2D eigenvalue weighted by atomic mass is 10.1. The number of nitriles is 1. The van der Waals surface area contributed by atoms with Crippen LogP contribution >= 0.6 is 0 Å². The Kier molecular flexibility index (Phi) is 5.82. The van der Waals surface area contributed by atoms with Crippen molar-refractivity contribution in [2.45, 2.75) is 51.5 Å². The molecule has 0 aromatic carbocycles. The highest BCUT2D eigenvalue weighted by molar-refractivity contribution is 5.44. The van der Waals surface area contributed by atoms with Crippen molar-refractivity contribution in [2.24, 2.45) is 0 Å². The highest BCUT2D eigenvalue weighted by Crippen LogP contribution is 2.17. The van der Waals surface area contributed by atoms with Crippen LogP contribution in [0.25, 0.3) is 0 Å². The van der Waals surface area contributed by atoms with Crippen LogP contribution in [0.1, 0.15) is 49.8 Å². The van der Waals surface area contributed by atoms with Crippen LogP contribution in [0.15, 0.2) is 12.1 Å². The number of rotatable bonds is 5. The van der Waals surface area contributed by atoms with E-state index in [1.165, 1.54) is 38.5 Å². The number of nitrogens with zero attached hydrogens (tertiary/aromatic N) is 2. The number of anilines is 1. The normalized spacial score (nSPS) is 16.4. The molecule has 0 bridgehead atoms. The van der Waals surface area contributed by atoms with Gasteiger partial charge in [0.15, 0.2) is 0 Å². The van der Waals surface area contributed by atoms with Gasteiger partial charge in [-0.1, -0.05) is 25.7 Å². The van der Waals surface area contributed by atoms with Crippen LogP contribution in [0.5, 0.6) is 0 Å². The van der Waals surface area contributed by atoms with E-state index in [-0.39, 0.29) is 0 Å². The van der Waals surface area contributed by atoms with Crippen molar-refractivity contribution >= 4 is 5.82 Å². The van der Waals surface area contributed by atoms with Crippen molar-refractivity contribution in [3.05, 3.63) is 23.4 Å². The second-order valence-electron chi connectivity index (χ2n) is 5.56. The van der Waals surface area contributed by atoms with Gasteiger partial charge >= 0.3 is 0 Å². The molecule has 1 saturated carbocycles. The summed E-state index contributed by atoms with van der Waals surface area (Å²) in [6.07, 6.45) is 8.11. The van der Waals surface area contributed by atoms with Crippen LogP contribution in [0.2, 0.25) is 0 Å². The van der Waals surface area contributed by atoms with E-state index in [4.69, 9.17) is 5.26 Å². The Balaban J connectivity index is 1.73. The van der Waals surface area contributed by atoms with Crippen molar-refractivity contribution in [1.82, 2.24) is 10.3 Å². The Bertz CT molecular complexity index is 456. The SMILES string of the molecule is Cc1cc(C#N)cc(NCCNC2CCCCCC2)n1. The monoisotopic (exact) mass is 272 g/mol. The molecule has 4 heteroatoms. The third-order valence-corrected chi connectivity index (χ3v) is 3.80. The zero-order chi connectivity index (χ0) is 14.2. The molecule has 0 radical (unpaired) electrons. The van der Waals surface area contributed by atoms with Gasteiger partial charge in [-0.25, -0.2) is 4.98 Å². The average molecular weight is 272 g/mol. The fourth-order valence-corrected chi connectivity index (χ4v) is 2.77. The molecule has 0 aliphatic heterocycles. The van der Waals surface area contributed by atoms with E-state index >= 15 is 0 Å². The molecule has 0 unspecified atom stereocenters. The fraction of sp³-hybridized carbons (Fsp3) is 0.625. The molecule has 1 fully saturated rings. The zero-order valence-corrected chi connectivity index (χ0v) is 12.3. The van der Waals surface area contributed by atoms with E-state index in [0.717, 1.165) is 24.6 Å². The number of aromatic nitrogens is 1. The van der Waals surface area contributed by atoms with Crippen molar-refractivity contribution in [2.75, 3.05) is 18.4 Å². The Hall–Kier alpha value is -1.60. The maximum absolute atomic E-state index is 8.94. The van der Waals surface area contributed by atoms with Gasteiger partial charge in [0.1, 0.15) is 5.82 Å².